The van der Waals surface area contributed by atoms with Gasteiger partial charge in [-0.25, -0.2) is 0 Å². The van der Waals surface area contributed by atoms with Crippen molar-refractivity contribution < 1.29 is 4.74 Å². The van der Waals surface area contributed by atoms with Crippen molar-refractivity contribution in [3.63, 3.8) is 0 Å². The Balaban J connectivity index is 3.20. The molecule has 0 bridgehead atoms. The van der Waals surface area contributed by atoms with Crippen LogP contribution in [0.2, 0.25) is 0 Å². The van der Waals surface area contributed by atoms with Crippen molar-refractivity contribution in [2.24, 2.45) is 5.92 Å². The van der Waals surface area contributed by atoms with Crippen LogP contribution in [0.15, 0.2) is 0 Å². The van der Waals surface area contributed by atoms with Crippen LogP contribution in [0.25, 0.3) is 0 Å². The molecule has 3 heteroatoms. The highest BCUT2D eigenvalue weighted by Crippen LogP contribution is 1.93. The van der Waals surface area contributed by atoms with Crippen molar-refractivity contribution in [1.82, 2.24) is 10.2 Å². The zero-order valence-corrected chi connectivity index (χ0v) is 11.0. The molecule has 0 aromatic heterocycles. The van der Waals surface area contributed by atoms with Gasteiger partial charge in [-0.05, 0) is 39.9 Å². The van der Waals surface area contributed by atoms with E-state index in [2.05, 4.69) is 45.1 Å². The van der Waals surface area contributed by atoms with Crippen LogP contribution in [0.1, 0.15) is 27.2 Å². The molecule has 3 nitrogen and oxygen atoms in total. The van der Waals surface area contributed by atoms with Gasteiger partial charge in [0, 0.05) is 19.2 Å². The lowest BCUT2D eigenvalue weighted by Gasteiger charge is -2.16. The first kappa shape index (κ1) is 14.9. The number of ether oxygens (including phenoxy) is 1. The quantitative estimate of drug-likeness (QED) is 0.592. The van der Waals surface area contributed by atoms with E-state index in [1.54, 1.807) is 0 Å². The maximum atomic E-state index is 5.50. The molecule has 0 aliphatic carbocycles. The molecule has 0 heterocycles. The van der Waals surface area contributed by atoms with Crippen molar-refractivity contribution in [1.29, 1.82) is 0 Å². The molecule has 0 saturated carbocycles. The van der Waals surface area contributed by atoms with E-state index in [9.17, 15) is 0 Å². The second-order valence-electron chi connectivity index (χ2n) is 4.92. The van der Waals surface area contributed by atoms with Gasteiger partial charge in [0.25, 0.3) is 0 Å². The fraction of sp³-hybridized carbons (Fsp3) is 1.00. The maximum Gasteiger partial charge on any atom is 0.0591 e. The lowest BCUT2D eigenvalue weighted by molar-refractivity contribution is 0.110. The molecule has 1 N–H and O–H groups in total. The second kappa shape index (κ2) is 9.13. The molecule has 0 aromatic rings. The minimum Gasteiger partial charge on any atom is -0.380 e. The fourth-order valence-corrected chi connectivity index (χ4v) is 1.25. The van der Waals surface area contributed by atoms with Crippen molar-refractivity contribution in [2.75, 3.05) is 40.4 Å². The molecule has 15 heavy (non-hydrogen) atoms. The summed E-state index contributed by atoms with van der Waals surface area (Å²) in [6, 6.07) is 0.579. The van der Waals surface area contributed by atoms with Gasteiger partial charge in [0.2, 0.25) is 0 Å². The van der Waals surface area contributed by atoms with Crippen LogP contribution in [-0.2, 0) is 4.74 Å². The number of nitrogens with one attached hydrogen (secondary N) is 1. The van der Waals surface area contributed by atoms with Crippen LogP contribution in [0.3, 0.4) is 0 Å². The molecule has 0 fully saturated rings. The van der Waals surface area contributed by atoms with E-state index in [-0.39, 0.29) is 0 Å². The van der Waals surface area contributed by atoms with Gasteiger partial charge in [0.15, 0.2) is 0 Å². The average molecular weight is 216 g/mol. The summed E-state index contributed by atoms with van der Waals surface area (Å²) in [4.78, 5) is 2.22. The predicted octanol–water partition coefficient (Wildman–Crippen LogP) is 1.59. The summed E-state index contributed by atoms with van der Waals surface area (Å²) in [6.07, 6.45) is 1.19. The number of hydrogen-bond donors (Lipinski definition) is 1. The highest BCUT2D eigenvalue weighted by atomic mass is 16.5. The third-order valence-electron chi connectivity index (χ3n) is 2.20. The Bertz CT molecular complexity index is 138. The zero-order chi connectivity index (χ0) is 11.7. The summed E-state index contributed by atoms with van der Waals surface area (Å²) in [7, 11) is 4.22. The highest BCUT2D eigenvalue weighted by molar-refractivity contribution is 4.61. The van der Waals surface area contributed by atoms with Gasteiger partial charge in [0.05, 0.1) is 6.61 Å². The second-order valence-corrected chi connectivity index (χ2v) is 4.92. The first-order valence-electron chi connectivity index (χ1n) is 5.98. The SMILES string of the molecule is CC(C)COCCNC(C)CCN(C)C. The summed E-state index contributed by atoms with van der Waals surface area (Å²) >= 11 is 0. The monoisotopic (exact) mass is 216 g/mol. The molecule has 0 saturated heterocycles. The molecule has 1 atom stereocenters. The predicted molar refractivity (Wildman–Crippen MR) is 66.3 cm³/mol. The van der Waals surface area contributed by atoms with Gasteiger partial charge >= 0.3 is 0 Å². The molecule has 0 aliphatic rings. The van der Waals surface area contributed by atoms with Crippen LogP contribution < -0.4 is 5.32 Å². The van der Waals surface area contributed by atoms with E-state index in [0.717, 1.165) is 26.3 Å². The standard InChI is InChI=1S/C12H28N2O/c1-11(2)10-15-9-7-13-12(3)6-8-14(4)5/h11-13H,6-10H2,1-5H3. The van der Waals surface area contributed by atoms with E-state index >= 15 is 0 Å². The van der Waals surface area contributed by atoms with Gasteiger partial charge in [0.1, 0.15) is 0 Å². The minimum atomic E-state index is 0.579. The first-order chi connectivity index (χ1) is 7.02. The van der Waals surface area contributed by atoms with Crippen molar-refractivity contribution in [3.8, 4) is 0 Å². The molecule has 0 spiro atoms. The molecule has 92 valence electrons. The minimum absolute atomic E-state index is 0.579. The molecular weight excluding hydrogens is 188 g/mol. The van der Waals surface area contributed by atoms with Gasteiger partial charge in [-0.3, -0.25) is 0 Å². The molecule has 0 rings (SSSR count). The van der Waals surface area contributed by atoms with E-state index < -0.39 is 0 Å². The smallest absolute Gasteiger partial charge is 0.0591 e. The molecule has 0 aromatic carbocycles. The summed E-state index contributed by atoms with van der Waals surface area (Å²) < 4.78 is 5.50. The Morgan fingerprint density at radius 2 is 1.87 bits per heavy atom. The van der Waals surface area contributed by atoms with E-state index in [4.69, 9.17) is 4.74 Å². The largest absolute Gasteiger partial charge is 0.380 e. The van der Waals surface area contributed by atoms with E-state index in [1.165, 1.54) is 6.42 Å². The fourth-order valence-electron chi connectivity index (χ4n) is 1.25. The van der Waals surface area contributed by atoms with Gasteiger partial charge in [-0.15, -0.1) is 0 Å². The molecule has 0 amide bonds. The number of rotatable bonds is 9. The lowest BCUT2D eigenvalue weighted by Crippen LogP contribution is -2.32. The summed E-state index contributed by atoms with van der Waals surface area (Å²) in [5.41, 5.74) is 0. The van der Waals surface area contributed by atoms with Crippen molar-refractivity contribution in [3.05, 3.63) is 0 Å². The van der Waals surface area contributed by atoms with Crippen LogP contribution in [0.4, 0.5) is 0 Å². The Labute approximate surface area is 95.2 Å². The molecule has 1 unspecified atom stereocenters. The average Bonchev–Trinajstić information content (AvgIpc) is 2.13. The summed E-state index contributed by atoms with van der Waals surface area (Å²) in [5, 5.41) is 3.46. The normalized spacial score (nSPS) is 13.8. The maximum absolute atomic E-state index is 5.50. The third kappa shape index (κ3) is 11.8. The molecule has 0 radical (unpaired) electrons. The topological polar surface area (TPSA) is 24.5 Å². The Hall–Kier alpha value is -0.120. The van der Waals surface area contributed by atoms with Gasteiger partial charge in [-0.2, -0.15) is 0 Å². The Morgan fingerprint density at radius 3 is 2.40 bits per heavy atom. The van der Waals surface area contributed by atoms with Crippen molar-refractivity contribution >= 4 is 0 Å². The number of nitrogens with zero attached hydrogens (tertiary/aromatic N) is 1. The highest BCUT2D eigenvalue weighted by Gasteiger charge is 2.01. The van der Waals surface area contributed by atoms with E-state index in [1.807, 2.05) is 0 Å². The summed E-state index contributed by atoms with van der Waals surface area (Å²) in [6.45, 7) is 10.4. The van der Waals surface area contributed by atoms with E-state index in [0.29, 0.717) is 12.0 Å². The first-order valence-corrected chi connectivity index (χ1v) is 5.98. The lowest BCUT2D eigenvalue weighted by atomic mass is 10.2. The van der Waals surface area contributed by atoms with Crippen LogP contribution in [-0.4, -0.2) is 51.3 Å². The van der Waals surface area contributed by atoms with Crippen molar-refractivity contribution in [2.45, 2.75) is 33.2 Å². The molecular formula is C12H28N2O. The molecule has 0 aliphatic heterocycles. The third-order valence-corrected chi connectivity index (χ3v) is 2.20. The Kier molecular flexibility index (Phi) is 9.06. The van der Waals surface area contributed by atoms with Crippen LogP contribution >= 0.6 is 0 Å². The number of hydrogen-bond acceptors (Lipinski definition) is 3. The van der Waals surface area contributed by atoms with Crippen LogP contribution in [0, 0.1) is 5.92 Å². The van der Waals surface area contributed by atoms with Crippen LogP contribution in [0.5, 0.6) is 0 Å². The zero-order valence-electron chi connectivity index (χ0n) is 11.0. The summed E-state index contributed by atoms with van der Waals surface area (Å²) in [5.74, 6) is 0.635. The Morgan fingerprint density at radius 1 is 1.20 bits per heavy atom. The van der Waals surface area contributed by atoms with Gasteiger partial charge < -0.3 is 15.0 Å². The van der Waals surface area contributed by atoms with Gasteiger partial charge in [-0.1, -0.05) is 13.8 Å².